The summed E-state index contributed by atoms with van der Waals surface area (Å²) in [5, 5.41) is 7.53. The third-order valence-corrected chi connectivity index (χ3v) is 1.82. The Balaban J connectivity index is 2.49. The Bertz CT molecular complexity index is 191. The van der Waals surface area contributed by atoms with E-state index in [1.807, 2.05) is 0 Å². The molecule has 1 atom stereocenters. The van der Waals surface area contributed by atoms with Crippen molar-refractivity contribution in [2.45, 2.75) is 26.2 Å². The standard InChI is InChI=1S/C7H14N4/c1-5-2-3-6(4-5)10-11-7(8)9/h5H,2-4H2,1H3,(H4,8,9,11)/b10-6-. The van der Waals surface area contributed by atoms with Gasteiger partial charge in [-0.1, -0.05) is 6.92 Å². The van der Waals surface area contributed by atoms with E-state index in [2.05, 4.69) is 17.1 Å². The average Bonchev–Trinajstić information content (AvgIpc) is 2.31. The highest BCUT2D eigenvalue weighted by Crippen LogP contribution is 2.21. The maximum absolute atomic E-state index is 5.13. The van der Waals surface area contributed by atoms with Crippen LogP contribution in [0.4, 0.5) is 0 Å². The fourth-order valence-electron chi connectivity index (χ4n) is 1.24. The normalized spacial score (nSPS) is 27.4. The van der Waals surface area contributed by atoms with Gasteiger partial charge in [-0.2, -0.15) is 5.10 Å². The summed E-state index contributed by atoms with van der Waals surface area (Å²) in [4.78, 5) is 0. The molecule has 0 aliphatic heterocycles. The van der Waals surface area contributed by atoms with Gasteiger partial charge in [0.15, 0.2) is 0 Å². The fourth-order valence-corrected chi connectivity index (χ4v) is 1.24. The second-order valence-corrected chi connectivity index (χ2v) is 3.04. The Kier molecular flexibility index (Phi) is 2.46. The fraction of sp³-hybridized carbons (Fsp3) is 0.714. The first-order valence-corrected chi connectivity index (χ1v) is 3.83. The largest absolute Gasteiger partial charge is 0.369 e. The molecule has 4 heteroatoms. The first kappa shape index (κ1) is 8.04. The molecule has 4 N–H and O–H groups in total. The van der Waals surface area contributed by atoms with Crippen molar-refractivity contribution in [3.8, 4) is 0 Å². The molecule has 0 amide bonds. The van der Waals surface area contributed by atoms with Gasteiger partial charge in [-0.15, -0.1) is 5.10 Å². The van der Waals surface area contributed by atoms with Crippen LogP contribution in [0.3, 0.4) is 0 Å². The topological polar surface area (TPSA) is 76.8 Å². The van der Waals surface area contributed by atoms with Gasteiger partial charge in [0.05, 0.1) is 0 Å². The van der Waals surface area contributed by atoms with Gasteiger partial charge < -0.3 is 11.5 Å². The van der Waals surface area contributed by atoms with Crippen LogP contribution in [0.15, 0.2) is 10.2 Å². The van der Waals surface area contributed by atoms with Crippen molar-refractivity contribution in [1.82, 2.24) is 0 Å². The van der Waals surface area contributed by atoms with Crippen molar-refractivity contribution in [3.63, 3.8) is 0 Å². The molecule has 1 saturated carbocycles. The molecular formula is C7H14N4. The van der Waals surface area contributed by atoms with Gasteiger partial charge in [-0.3, -0.25) is 0 Å². The molecule has 4 nitrogen and oxygen atoms in total. The molecule has 1 rings (SSSR count). The van der Waals surface area contributed by atoms with Crippen LogP contribution in [-0.2, 0) is 0 Å². The van der Waals surface area contributed by atoms with Crippen LogP contribution < -0.4 is 11.5 Å². The number of rotatable bonds is 1. The first-order valence-electron chi connectivity index (χ1n) is 3.83. The van der Waals surface area contributed by atoms with Crippen LogP contribution in [-0.4, -0.2) is 11.7 Å². The van der Waals surface area contributed by atoms with Crippen molar-refractivity contribution in [1.29, 1.82) is 0 Å². The second kappa shape index (κ2) is 3.37. The molecule has 0 radical (unpaired) electrons. The zero-order chi connectivity index (χ0) is 8.27. The molecule has 0 spiro atoms. The van der Waals surface area contributed by atoms with Crippen molar-refractivity contribution in [2.75, 3.05) is 0 Å². The molecule has 1 aliphatic rings. The van der Waals surface area contributed by atoms with Gasteiger partial charge in [0.25, 0.3) is 0 Å². The lowest BCUT2D eigenvalue weighted by Crippen LogP contribution is -2.22. The van der Waals surface area contributed by atoms with Crippen molar-refractivity contribution >= 4 is 11.7 Å². The second-order valence-electron chi connectivity index (χ2n) is 3.04. The Morgan fingerprint density at radius 3 is 2.73 bits per heavy atom. The smallest absolute Gasteiger partial charge is 0.211 e. The Hall–Kier alpha value is -1.06. The van der Waals surface area contributed by atoms with Crippen LogP contribution in [0.2, 0.25) is 0 Å². The molecule has 1 fully saturated rings. The van der Waals surface area contributed by atoms with E-state index >= 15 is 0 Å². The summed E-state index contributed by atoms with van der Waals surface area (Å²) in [5.41, 5.74) is 11.4. The molecular weight excluding hydrogens is 140 g/mol. The van der Waals surface area contributed by atoms with Crippen LogP contribution in [0.5, 0.6) is 0 Å². The summed E-state index contributed by atoms with van der Waals surface area (Å²) in [6.45, 7) is 2.21. The highest BCUT2D eigenvalue weighted by molar-refractivity contribution is 5.87. The number of nitrogens with two attached hydrogens (primary N) is 2. The quantitative estimate of drug-likeness (QED) is 0.326. The van der Waals surface area contributed by atoms with Crippen molar-refractivity contribution < 1.29 is 0 Å². The summed E-state index contributed by atoms with van der Waals surface area (Å²) in [5.74, 6) is 0.778. The van der Waals surface area contributed by atoms with Gasteiger partial charge in [0, 0.05) is 5.71 Å². The third-order valence-electron chi connectivity index (χ3n) is 1.82. The molecule has 0 saturated heterocycles. The van der Waals surface area contributed by atoms with E-state index in [1.54, 1.807) is 0 Å². The minimum absolute atomic E-state index is 0.0389. The SMILES string of the molecule is CC1CC/C(=N/N=C(N)N)C1. The van der Waals surface area contributed by atoms with Crippen molar-refractivity contribution in [3.05, 3.63) is 0 Å². The van der Waals surface area contributed by atoms with Crippen LogP contribution in [0.1, 0.15) is 26.2 Å². The minimum Gasteiger partial charge on any atom is -0.369 e. The van der Waals surface area contributed by atoms with Crippen LogP contribution in [0.25, 0.3) is 0 Å². The predicted molar refractivity (Wildman–Crippen MR) is 46.3 cm³/mol. The molecule has 1 unspecified atom stereocenters. The molecule has 0 bridgehead atoms. The number of nitrogens with zero attached hydrogens (tertiary/aromatic N) is 2. The molecule has 0 heterocycles. The average molecular weight is 154 g/mol. The van der Waals surface area contributed by atoms with Gasteiger partial charge >= 0.3 is 0 Å². The molecule has 11 heavy (non-hydrogen) atoms. The molecule has 0 aromatic carbocycles. The van der Waals surface area contributed by atoms with E-state index in [9.17, 15) is 0 Å². The van der Waals surface area contributed by atoms with E-state index in [-0.39, 0.29) is 5.96 Å². The zero-order valence-electron chi connectivity index (χ0n) is 6.75. The number of hydrogen-bond acceptors (Lipinski definition) is 2. The summed E-state index contributed by atoms with van der Waals surface area (Å²) < 4.78 is 0. The summed E-state index contributed by atoms with van der Waals surface area (Å²) in [6, 6.07) is 0. The predicted octanol–water partition coefficient (Wildman–Crippen LogP) is 0.436. The van der Waals surface area contributed by atoms with Gasteiger partial charge in [-0.05, 0) is 25.2 Å². The van der Waals surface area contributed by atoms with E-state index in [0.29, 0.717) is 0 Å². The van der Waals surface area contributed by atoms with Gasteiger partial charge in [0.1, 0.15) is 0 Å². The number of guanidine groups is 1. The first-order chi connectivity index (χ1) is 5.18. The van der Waals surface area contributed by atoms with E-state index < -0.39 is 0 Å². The maximum atomic E-state index is 5.13. The van der Waals surface area contributed by atoms with E-state index in [0.717, 1.165) is 24.5 Å². The van der Waals surface area contributed by atoms with Gasteiger partial charge in [0.2, 0.25) is 5.96 Å². The Labute approximate surface area is 66.4 Å². The maximum Gasteiger partial charge on any atom is 0.211 e. The minimum atomic E-state index is 0.0389. The number of hydrogen-bond donors (Lipinski definition) is 2. The molecule has 62 valence electrons. The van der Waals surface area contributed by atoms with Crippen molar-refractivity contribution in [2.24, 2.45) is 27.6 Å². The lowest BCUT2D eigenvalue weighted by Gasteiger charge is -1.93. The summed E-state index contributed by atoms with van der Waals surface area (Å²) in [6.07, 6.45) is 3.29. The lowest BCUT2D eigenvalue weighted by molar-refractivity contribution is 0.623. The Morgan fingerprint density at radius 2 is 2.27 bits per heavy atom. The molecule has 0 aromatic heterocycles. The van der Waals surface area contributed by atoms with E-state index in [1.165, 1.54) is 6.42 Å². The van der Waals surface area contributed by atoms with Crippen LogP contribution >= 0.6 is 0 Å². The third kappa shape index (κ3) is 2.57. The highest BCUT2D eigenvalue weighted by Gasteiger charge is 2.15. The van der Waals surface area contributed by atoms with Crippen LogP contribution in [0, 0.1) is 5.92 Å². The summed E-state index contributed by atoms with van der Waals surface area (Å²) in [7, 11) is 0. The monoisotopic (exact) mass is 154 g/mol. The Morgan fingerprint density at radius 1 is 1.55 bits per heavy atom. The molecule has 0 aromatic rings. The van der Waals surface area contributed by atoms with Gasteiger partial charge in [-0.25, -0.2) is 0 Å². The summed E-state index contributed by atoms with van der Waals surface area (Å²) >= 11 is 0. The van der Waals surface area contributed by atoms with E-state index in [4.69, 9.17) is 11.5 Å². The highest BCUT2D eigenvalue weighted by atomic mass is 15.3. The lowest BCUT2D eigenvalue weighted by atomic mass is 10.1. The molecule has 1 aliphatic carbocycles. The zero-order valence-corrected chi connectivity index (χ0v) is 6.75.